The second-order valence-electron chi connectivity index (χ2n) is 5.98. The van der Waals surface area contributed by atoms with Crippen molar-refractivity contribution in [2.45, 2.75) is 13.0 Å². The molecular weight excluding hydrogens is 404 g/mol. The molecule has 132 valence electrons. The molecule has 0 N–H and O–H groups in total. The SMILES string of the molecule is C[C@H](Oc1ccccc1Br)C(=O)N1CCN(c2cccc(Cl)c2)CC1. The van der Waals surface area contributed by atoms with Gasteiger partial charge in [-0.1, -0.05) is 29.8 Å². The lowest BCUT2D eigenvalue weighted by Crippen LogP contribution is -2.52. The first-order valence-corrected chi connectivity index (χ1v) is 9.42. The number of halogens is 2. The highest BCUT2D eigenvalue weighted by molar-refractivity contribution is 9.10. The van der Waals surface area contributed by atoms with E-state index in [1.165, 1.54) is 0 Å². The van der Waals surface area contributed by atoms with Gasteiger partial charge < -0.3 is 14.5 Å². The summed E-state index contributed by atoms with van der Waals surface area (Å²) in [5, 5.41) is 0.728. The van der Waals surface area contributed by atoms with Gasteiger partial charge in [0.1, 0.15) is 5.75 Å². The molecule has 0 aliphatic carbocycles. The Hall–Kier alpha value is -1.72. The summed E-state index contributed by atoms with van der Waals surface area (Å²) in [4.78, 5) is 16.8. The average Bonchev–Trinajstić information content (AvgIpc) is 2.63. The summed E-state index contributed by atoms with van der Waals surface area (Å²) in [6.45, 7) is 4.72. The first kappa shape index (κ1) is 18.1. The molecule has 0 bridgehead atoms. The highest BCUT2D eigenvalue weighted by Crippen LogP contribution is 2.25. The number of para-hydroxylation sites is 1. The molecule has 0 unspecified atom stereocenters. The largest absolute Gasteiger partial charge is 0.480 e. The van der Waals surface area contributed by atoms with Gasteiger partial charge in [0.25, 0.3) is 5.91 Å². The zero-order valence-corrected chi connectivity index (χ0v) is 16.3. The molecule has 3 rings (SSSR count). The van der Waals surface area contributed by atoms with Crippen molar-refractivity contribution >= 4 is 39.1 Å². The topological polar surface area (TPSA) is 32.8 Å². The minimum Gasteiger partial charge on any atom is -0.480 e. The molecule has 6 heteroatoms. The molecule has 1 heterocycles. The molecule has 25 heavy (non-hydrogen) atoms. The number of hydrogen-bond donors (Lipinski definition) is 0. The number of nitrogens with zero attached hydrogens (tertiary/aromatic N) is 2. The standard InChI is InChI=1S/C19H20BrClN2O2/c1-14(25-18-8-3-2-7-17(18)20)19(24)23-11-9-22(10-12-23)16-6-4-5-15(21)13-16/h2-8,13-14H,9-12H2,1H3/t14-/m0/s1. The van der Waals surface area contributed by atoms with Crippen molar-refractivity contribution in [1.82, 2.24) is 4.90 Å². The normalized spacial score (nSPS) is 15.8. The Balaban J connectivity index is 1.57. The lowest BCUT2D eigenvalue weighted by Gasteiger charge is -2.37. The van der Waals surface area contributed by atoms with Gasteiger partial charge in [-0.3, -0.25) is 4.79 Å². The molecule has 2 aromatic rings. The molecule has 0 saturated carbocycles. The van der Waals surface area contributed by atoms with Gasteiger partial charge in [-0.2, -0.15) is 0 Å². The van der Waals surface area contributed by atoms with E-state index in [9.17, 15) is 4.79 Å². The highest BCUT2D eigenvalue weighted by Gasteiger charge is 2.26. The van der Waals surface area contributed by atoms with Gasteiger partial charge in [0.15, 0.2) is 6.10 Å². The van der Waals surface area contributed by atoms with E-state index in [1.807, 2.05) is 53.4 Å². The van der Waals surface area contributed by atoms with Crippen LogP contribution in [0.1, 0.15) is 6.92 Å². The molecule has 0 spiro atoms. The summed E-state index contributed by atoms with van der Waals surface area (Å²) in [6, 6.07) is 15.4. The van der Waals surface area contributed by atoms with Crippen molar-refractivity contribution < 1.29 is 9.53 Å². The van der Waals surface area contributed by atoms with Crippen LogP contribution in [0.25, 0.3) is 0 Å². The Morgan fingerprint density at radius 1 is 1.12 bits per heavy atom. The Morgan fingerprint density at radius 3 is 2.52 bits per heavy atom. The predicted octanol–water partition coefficient (Wildman–Crippen LogP) is 4.22. The van der Waals surface area contributed by atoms with Crippen molar-refractivity contribution in [1.29, 1.82) is 0 Å². The number of rotatable bonds is 4. The van der Waals surface area contributed by atoms with Gasteiger partial charge in [-0.05, 0) is 53.2 Å². The average molecular weight is 424 g/mol. The van der Waals surface area contributed by atoms with Crippen LogP contribution < -0.4 is 9.64 Å². The molecule has 1 aliphatic rings. The molecule has 2 aromatic carbocycles. The van der Waals surface area contributed by atoms with Crippen LogP contribution in [-0.2, 0) is 4.79 Å². The number of carbonyl (C=O) groups excluding carboxylic acids is 1. The summed E-state index contributed by atoms with van der Waals surface area (Å²) in [7, 11) is 0. The molecule has 1 atom stereocenters. The van der Waals surface area contributed by atoms with E-state index in [-0.39, 0.29) is 5.91 Å². The summed E-state index contributed by atoms with van der Waals surface area (Å²) >= 11 is 9.51. The minimum atomic E-state index is -0.517. The van der Waals surface area contributed by atoms with E-state index in [1.54, 1.807) is 6.92 Å². The van der Waals surface area contributed by atoms with Crippen molar-refractivity contribution in [3.63, 3.8) is 0 Å². The van der Waals surface area contributed by atoms with E-state index >= 15 is 0 Å². The van der Waals surface area contributed by atoms with Crippen LogP contribution in [0, 0.1) is 0 Å². The first-order valence-electron chi connectivity index (χ1n) is 8.25. The van der Waals surface area contributed by atoms with Gasteiger partial charge in [0, 0.05) is 36.9 Å². The summed E-state index contributed by atoms with van der Waals surface area (Å²) in [6.07, 6.45) is -0.517. The molecule has 1 fully saturated rings. The Bertz CT molecular complexity index is 748. The number of amides is 1. The molecular formula is C19H20BrClN2O2. The molecule has 1 aliphatic heterocycles. The number of benzene rings is 2. The number of hydrogen-bond acceptors (Lipinski definition) is 3. The lowest BCUT2D eigenvalue weighted by atomic mass is 10.2. The molecule has 1 saturated heterocycles. The summed E-state index contributed by atoms with van der Waals surface area (Å²) in [5.41, 5.74) is 1.09. The third-order valence-corrected chi connectivity index (χ3v) is 5.14. The number of ether oxygens (including phenoxy) is 1. The fourth-order valence-electron chi connectivity index (χ4n) is 2.90. The second kappa shape index (κ2) is 8.11. The van der Waals surface area contributed by atoms with Gasteiger partial charge >= 0.3 is 0 Å². The third kappa shape index (κ3) is 4.47. The molecule has 1 amide bonds. The van der Waals surface area contributed by atoms with Gasteiger partial charge in [0.2, 0.25) is 0 Å². The van der Waals surface area contributed by atoms with Crippen LogP contribution in [0.4, 0.5) is 5.69 Å². The van der Waals surface area contributed by atoms with Crippen LogP contribution in [0.15, 0.2) is 53.0 Å². The van der Waals surface area contributed by atoms with Gasteiger partial charge in [-0.15, -0.1) is 0 Å². The van der Waals surface area contributed by atoms with E-state index in [2.05, 4.69) is 20.8 Å². The number of carbonyl (C=O) groups is 1. The van der Waals surface area contributed by atoms with Crippen molar-refractivity contribution in [2.24, 2.45) is 0 Å². The maximum absolute atomic E-state index is 12.7. The van der Waals surface area contributed by atoms with E-state index in [0.717, 1.165) is 28.3 Å². The monoisotopic (exact) mass is 422 g/mol. The van der Waals surface area contributed by atoms with Gasteiger partial charge in [0.05, 0.1) is 4.47 Å². The van der Waals surface area contributed by atoms with E-state index in [0.29, 0.717) is 18.8 Å². The van der Waals surface area contributed by atoms with Crippen LogP contribution in [0.2, 0.25) is 5.02 Å². The van der Waals surface area contributed by atoms with Gasteiger partial charge in [-0.25, -0.2) is 0 Å². The smallest absolute Gasteiger partial charge is 0.263 e. The van der Waals surface area contributed by atoms with Crippen molar-refractivity contribution in [3.05, 3.63) is 58.0 Å². The summed E-state index contributed by atoms with van der Waals surface area (Å²) < 4.78 is 6.67. The lowest BCUT2D eigenvalue weighted by molar-refractivity contribution is -0.138. The van der Waals surface area contributed by atoms with Crippen molar-refractivity contribution in [2.75, 3.05) is 31.1 Å². The quantitative estimate of drug-likeness (QED) is 0.738. The van der Waals surface area contributed by atoms with E-state index < -0.39 is 6.10 Å². The van der Waals surface area contributed by atoms with Crippen LogP contribution in [0.3, 0.4) is 0 Å². The second-order valence-corrected chi connectivity index (χ2v) is 7.27. The number of piperazine rings is 1. The zero-order valence-electron chi connectivity index (χ0n) is 14.0. The van der Waals surface area contributed by atoms with Crippen molar-refractivity contribution in [3.8, 4) is 5.75 Å². The van der Waals surface area contributed by atoms with Crippen LogP contribution in [-0.4, -0.2) is 43.1 Å². The number of anilines is 1. The van der Waals surface area contributed by atoms with Crippen LogP contribution >= 0.6 is 27.5 Å². The molecule has 0 aromatic heterocycles. The summed E-state index contributed by atoms with van der Waals surface area (Å²) in [5.74, 6) is 0.697. The molecule has 0 radical (unpaired) electrons. The molecule has 4 nitrogen and oxygen atoms in total. The van der Waals surface area contributed by atoms with E-state index in [4.69, 9.17) is 16.3 Å². The van der Waals surface area contributed by atoms with Crippen LogP contribution in [0.5, 0.6) is 5.75 Å². The third-order valence-electron chi connectivity index (χ3n) is 4.25. The minimum absolute atomic E-state index is 0.0153. The fraction of sp³-hybridized carbons (Fsp3) is 0.316. The Kier molecular flexibility index (Phi) is 5.86. The first-order chi connectivity index (χ1) is 12.0. The zero-order chi connectivity index (χ0) is 17.8. The maximum Gasteiger partial charge on any atom is 0.263 e. The maximum atomic E-state index is 12.7. The predicted molar refractivity (Wildman–Crippen MR) is 104 cm³/mol. The Labute approximate surface area is 161 Å². The Morgan fingerprint density at radius 2 is 1.84 bits per heavy atom. The fourth-order valence-corrected chi connectivity index (χ4v) is 3.46. The highest BCUT2D eigenvalue weighted by atomic mass is 79.9.